The monoisotopic (exact) mass is 575 g/mol. The molecular weight excluding hydrogens is 534 g/mol. The van der Waals surface area contributed by atoms with Crippen LogP contribution in [0.1, 0.15) is 97.3 Å². The molecular formula is C33H42ClN5O2. The number of aromatic nitrogens is 2. The summed E-state index contributed by atoms with van der Waals surface area (Å²) >= 11 is 5.81. The van der Waals surface area contributed by atoms with E-state index >= 15 is 0 Å². The van der Waals surface area contributed by atoms with Gasteiger partial charge in [0.25, 0.3) is 11.8 Å². The van der Waals surface area contributed by atoms with Crippen LogP contribution >= 0.6 is 11.6 Å². The Morgan fingerprint density at radius 2 is 1.68 bits per heavy atom. The third kappa shape index (κ3) is 9.35. The second-order valence-electron chi connectivity index (χ2n) is 9.49. The third-order valence-corrected chi connectivity index (χ3v) is 6.75. The van der Waals surface area contributed by atoms with E-state index in [4.69, 9.17) is 17.0 Å². The molecule has 1 saturated heterocycles. The Kier molecular flexibility index (Phi) is 13.9. The molecule has 2 amide bonds. The second-order valence-corrected chi connectivity index (χ2v) is 9.88. The van der Waals surface area contributed by atoms with Crippen LogP contribution in [-0.2, 0) is 0 Å². The van der Waals surface area contributed by atoms with Gasteiger partial charge in [0.2, 0.25) is 0 Å². The first-order valence-electron chi connectivity index (χ1n) is 14.3. The molecule has 0 aliphatic carbocycles. The zero-order chi connectivity index (χ0) is 30.4. The summed E-state index contributed by atoms with van der Waals surface area (Å²) in [7, 11) is 0. The lowest BCUT2D eigenvalue weighted by molar-refractivity contribution is 0.0712. The molecule has 41 heavy (non-hydrogen) atoms. The zero-order valence-electron chi connectivity index (χ0n) is 25.0. The van der Waals surface area contributed by atoms with Crippen molar-refractivity contribution in [2.24, 2.45) is 0 Å². The van der Waals surface area contributed by atoms with Gasteiger partial charge in [-0.1, -0.05) is 63.9 Å². The molecule has 0 bridgehead atoms. The Labute approximate surface area is 249 Å². The van der Waals surface area contributed by atoms with E-state index in [1.54, 1.807) is 24.3 Å². The maximum atomic E-state index is 13.2. The van der Waals surface area contributed by atoms with Crippen LogP contribution in [0.4, 0.5) is 5.69 Å². The normalized spacial score (nSPS) is 13.2. The lowest BCUT2D eigenvalue weighted by Gasteiger charge is -2.32. The molecule has 4 rings (SSSR count). The van der Waals surface area contributed by atoms with Crippen molar-refractivity contribution in [3.05, 3.63) is 94.0 Å². The molecule has 7 nitrogen and oxygen atoms in total. The maximum absolute atomic E-state index is 13.2. The number of piperidine rings is 1. The smallest absolute Gasteiger partial charge is 0.257 e. The fourth-order valence-electron chi connectivity index (χ4n) is 4.32. The molecule has 218 valence electrons. The summed E-state index contributed by atoms with van der Waals surface area (Å²) < 4.78 is 0. The predicted octanol–water partition coefficient (Wildman–Crippen LogP) is 8.21. The lowest BCUT2D eigenvalue weighted by Crippen LogP contribution is -2.38. The molecule has 1 aliphatic rings. The maximum Gasteiger partial charge on any atom is 0.257 e. The van der Waals surface area contributed by atoms with Gasteiger partial charge >= 0.3 is 0 Å². The van der Waals surface area contributed by atoms with Crippen LogP contribution in [0.15, 0.2) is 60.9 Å². The Balaban J connectivity index is 0.00000110. The summed E-state index contributed by atoms with van der Waals surface area (Å²) in [6, 6.07) is 12.6. The average Bonchev–Trinajstić information content (AvgIpc) is 3.01. The standard InChI is InChI=1S/C28H28ClN5O2.C3H8.C2H6/c1-3-19(15-30)24-8-6-22(16-31-24)20-10-12-34(13-11-20)28(36)21-5-4-18(2)25(14-21)33-27(35)23-7-9-26(29)32-17-23;1-3-2;1-2/h3-9,14-17,20,30H,10-13H2,1-2H3,(H,33,35);3H2,1-2H3;1-2H3/b19-3+,30-15?;;. The van der Waals surface area contributed by atoms with Crippen LogP contribution in [0.5, 0.6) is 0 Å². The van der Waals surface area contributed by atoms with Crippen molar-refractivity contribution < 1.29 is 9.59 Å². The highest BCUT2D eigenvalue weighted by molar-refractivity contribution is 6.29. The molecule has 1 aliphatic heterocycles. The van der Waals surface area contributed by atoms with Gasteiger partial charge in [-0.05, 0) is 74.1 Å². The number of anilines is 1. The van der Waals surface area contributed by atoms with E-state index in [1.165, 1.54) is 18.8 Å². The first-order chi connectivity index (χ1) is 19.8. The summed E-state index contributed by atoms with van der Waals surface area (Å²) in [4.78, 5) is 36.2. The number of benzene rings is 1. The van der Waals surface area contributed by atoms with Gasteiger partial charge in [0.05, 0.1) is 11.3 Å². The van der Waals surface area contributed by atoms with Crippen molar-refractivity contribution in [2.75, 3.05) is 18.4 Å². The molecule has 0 radical (unpaired) electrons. The van der Waals surface area contributed by atoms with Gasteiger partial charge in [-0.25, -0.2) is 4.98 Å². The van der Waals surface area contributed by atoms with Crippen molar-refractivity contribution in [2.45, 2.75) is 66.7 Å². The lowest BCUT2D eigenvalue weighted by atomic mass is 9.90. The van der Waals surface area contributed by atoms with E-state index in [0.717, 1.165) is 35.2 Å². The number of rotatable bonds is 6. The number of nitrogens with one attached hydrogen (secondary N) is 2. The van der Waals surface area contributed by atoms with Gasteiger partial charge in [0.15, 0.2) is 0 Å². The van der Waals surface area contributed by atoms with Gasteiger partial charge < -0.3 is 15.6 Å². The highest BCUT2D eigenvalue weighted by Crippen LogP contribution is 2.29. The van der Waals surface area contributed by atoms with E-state index in [9.17, 15) is 9.59 Å². The minimum absolute atomic E-state index is 0.0470. The van der Waals surface area contributed by atoms with Gasteiger partial charge in [-0.2, -0.15) is 0 Å². The number of likely N-dealkylation sites (tertiary alicyclic amines) is 1. The Morgan fingerprint density at radius 1 is 1.02 bits per heavy atom. The fourth-order valence-corrected chi connectivity index (χ4v) is 4.43. The number of hydrogen-bond donors (Lipinski definition) is 2. The highest BCUT2D eigenvalue weighted by atomic mass is 35.5. The number of halogens is 1. The molecule has 1 fully saturated rings. The van der Waals surface area contributed by atoms with Crippen molar-refractivity contribution >= 4 is 40.9 Å². The molecule has 0 saturated carbocycles. The van der Waals surface area contributed by atoms with Gasteiger partial charge in [0.1, 0.15) is 5.15 Å². The summed E-state index contributed by atoms with van der Waals surface area (Å²) in [6.45, 7) is 13.3. The first kappa shape index (κ1) is 33.4. The van der Waals surface area contributed by atoms with Crippen molar-refractivity contribution in [1.82, 2.24) is 14.9 Å². The van der Waals surface area contributed by atoms with Crippen LogP contribution in [0.3, 0.4) is 0 Å². The van der Waals surface area contributed by atoms with E-state index in [2.05, 4.69) is 35.2 Å². The molecule has 2 N–H and O–H groups in total. The van der Waals surface area contributed by atoms with Crippen LogP contribution in [-0.4, -0.2) is 46.0 Å². The van der Waals surface area contributed by atoms with Gasteiger partial charge in [0, 0.05) is 48.5 Å². The molecule has 1 aromatic carbocycles. The number of amides is 2. The SMILES string of the molecule is C/C=C(\C=N)c1ccc(C2CCN(C(=O)c3ccc(C)c(NC(=O)c4ccc(Cl)nc4)c3)CC2)cn1.CC.CCC. The predicted molar refractivity (Wildman–Crippen MR) is 170 cm³/mol. The molecule has 0 atom stereocenters. The summed E-state index contributed by atoms with van der Waals surface area (Å²) in [5, 5.41) is 10.7. The fraction of sp³-hybridized carbons (Fsp3) is 0.364. The third-order valence-electron chi connectivity index (χ3n) is 6.52. The van der Waals surface area contributed by atoms with Crippen molar-refractivity contribution in [3.8, 4) is 0 Å². The Bertz CT molecular complexity index is 1310. The summed E-state index contributed by atoms with van der Waals surface area (Å²) in [6.07, 6.45) is 9.44. The summed E-state index contributed by atoms with van der Waals surface area (Å²) in [5.74, 6) is -0.0192. The number of allylic oxidation sites excluding steroid dienone is 2. The number of nitrogens with zero attached hydrogens (tertiary/aromatic N) is 3. The van der Waals surface area contributed by atoms with E-state index in [0.29, 0.717) is 41.0 Å². The topological polar surface area (TPSA) is 99.0 Å². The number of hydrogen-bond acceptors (Lipinski definition) is 5. The van der Waals surface area contributed by atoms with Gasteiger partial charge in [-0.3, -0.25) is 14.6 Å². The Hall–Kier alpha value is -3.84. The average molecular weight is 576 g/mol. The van der Waals surface area contributed by atoms with Crippen LogP contribution in [0.2, 0.25) is 5.15 Å². The molecule has 0 spiro atoms. The number of pyridine rings is 2. The van der Waals surface area contributed by atoms with Crippen molar-refractivity contribution in [3.63, 3.8) is 0 Å². The zero-order valence-corrected chi connectivity index (χ0v) is 25.8. The molecule has 3 heterocycles. The van der Waals surface area contributed by atoms with Crippen molar-refractivity contribution in [1.29, 1.82) is 5.41 Å². The quantitative estimate of drug-likeness (QED) is 0.228. The molecule has 0 unspecified atom stereocenters. The Morgan fingerprint density at radius 3 is 2.22 bits per heavy atom. The number of carbonyl (C=O) groups is 2. The number of aryl methyl sites for hydroxylation is 1. The van der Waals surface area contributed by atoms with Crippen LogP contribution < -0.4 is 5.32 Å². The number of carbonyl (C=O) groups excluding carboxylic acids is 2. The first-order valence-corrected chi connectivity index (χ1v) is 14.6. The van der Waals surface area contributed by atoms with Crippen LogP contribution in [0, 0.1) is 12.3 Å². The molecule has 8 heteroatoms. The molecule has 3 aromatic rings. The van der Waals surface area contributed by atoms with Gasteiger partial charge in [-0.15, -0.1) is 0 Å². The minimum Gasteiger partial charge on any atom is -0.339 e. The second kappa shape index (κ2) is 17.1. The largest absolute Gasteiger partial charge is 0.339 e. The van der Waals surface area contributed by atoms with E-state index < -0.39 is 0 Å². The van der Waals surface area contributed by atoms with E-state index in [1.807, 2.05) is 57.0 Å². The molecule has 2 aromatic heterocycles. The van der Waals surface area contributed by atoms with Crippen LogP contribution in [0.25, 0.3) is 5.57 Å². The van der Waals surface area contributed by atoms with E-state index in [-0.39, 0.29) is 11.8 Å². The summed E-state index contributed by atoms with van der Waals surface area (Å²) in [5.41, 5.74) is 5.12. The minimum atomic E-state index is -0.311. The highest BCUT2D eigenvalue weighted by Gasteiger charge is 2.25.